The van der Waals surface area contributed by atoms with Crippen LogP contribution in [-0.4, -0.2) is 47.0 Å². The van der Waals surface area contributed by atoms with Crippen LogP contribution in [0.5, 0.6) is 0 Å². The van der Waals surface area contributed by atoms with E-state index < -0.39 is 0 Å². The number of aromatic nitrogens is 2. The summed E-state index contributed by atoms with van der Waals surface area (Å²) in [6.45, 7) is 3.36. The van der Waals surface area contributed by atoms with Crippen LogP contribution in [0, 0.1) is 6.92 Å². The molecule has 30 heavy (non-hydrogen) atoms. The molecule has 6 heteroatoms. The van der Waals surface area contributed by atoms with Gasteiger partial charge in [-0.1, -0.05) is 36.4 Å². The number of aryl methyl sites for hydroxylation is 1. The van der Waals surface area contributed by atoms with E-state index in [0.29, 0.717) is 18.8 Å². The van der Waals surface area contributed by atoms with Gasteiger partial charge in [-0.3, -0.25) is 14.7 Å². The maximum absolute atomic E-state index is 12.8. The molecular formula is C24H26N4O2. The summed E-state index contributed by atoms with van der Waals surface area (Å²) >= 11 is 0. The Kier molecular flexibility index (Phi) is 5.65. The Morgan fingerprint density at radius 3 is 2.40 bits per heavy atom. The fourth-order valence-electron chi connectivity index (χ4n) is 3.97. The topological polar surface area (TPSA) is 69.3 Å². The SMILES string of the molecule is Cc1ccccc1C(=O)N1CCC(c2cc(C(=O)N(C)c3ccccc3)n[nH]2)CC1. The smallest absolute Gasteiger partial charge is 0.278 e. The van der Waals surface area contributed by atoms with Crippen molar-refractivity contribution >= 4 is 17.5 Å². The fraction of sp³-hybridized carbons (Fsp3) is 0.292. The van der Waals surface area contributed by atoms with Crippen LogP contribution in [0.25, 0.3) is 0 Å². The molecule has 2 amide bonds. The van der Waals surface area contributed by atoms with E-state index in [-0.39, 0.29) is 17.7 Å². The molecule has 1 saturated heterocycles. The molecule has 0 bridgehead atoms. The first-order chi connectivity index (χ1) is 14.5. The van der Waals surface area contributed by atoms with Gasteiger partial charge in [-0.15, -0.1) is 0 Å². The van der Waals surface area contributed by atoms with Gasteiger partial charge in [0.05, 0.1) is 0 Å². The van der Waals surface area contributed by atoms with Gasteiger partial charge < -0.3 is 9.80 Å². The molecule has 0 saturated carbocycles. The lowest BCUT2D eigenvalue weighted by Gasteiger charge is -2.31. The highest BCUT2D eigenvalue weighted by Crippen LogP contribution is 2.28. The predicted octanol–water partition coefficient (Wildman–Crippen LogP) is 4.01. The van der Waals surface area contributed by atoms with Crippen molar-refractivity contribution in [3.05, 3.63) is 83.2 Å². The summed E-state index contributed by atoms with van der Waals surface area (Å²) in [5.41, 5.74) is 3.98. The number of aromatic amines is 1. The molecule has 3 aromatic rings. The molecular weight excluding hydrogens is 376 g/mol. The number of H-pyrrole nitrogens is 1. The van der Waals surface area contributed by atoms with Gasteiger partial charge in [-0.2, -0.15) is 5.10 Å². The number of rotatable bonds is 4. The highest BCUT2D eigenvalue weighted by molar-refractivity contribution is 6.04. The second-order valence-electron chi connectivity index (χ2n) is 7.79. The lowest BCUT2D eigenvalue weighted by atomic mass is 9.92. The molecule has 0 spiro atoms. The summed E-state index contributed by atoms with van der Waals surface area (Å²) < 4.78 is 0. The van der Waals surface area contributed by atoms with Crippen molar-refractivity contribution in [3.63, 3.8) is 0 Å². The van der Waals surface area contributed by atoms with Crippen LogP contribution < -0.4 is 4.90 Å². The highest BCUT2D eigenvalue weighted by Gasteiger charge is 2.27. The van der Waals surface area contributed by atoms with Gasteiger partial charge in [0.1, 0.15) is 0 Å². The summed E-state index contributed by atoms with van der Waals surface area (Å²) in [5, 5.41) is 7.30. The number of para-hydroxylation sites is 1. The van der Waals surface area contributed by atoms with Crippen molar-refractivity contribution in [2.45, 2.75) is 25.7 Å². The molecule has 1 aliphatic rings. The third-order valence-corrected chi connectivity index (χ3v) is 5.86. The number of hydrogen-bond acceptors (Lipinski definition) is 3. The Balaban J connectivity index is 1.39. The molecule has 2 heterocycles. The Morgan fingerprint density at radius 2 is 1.70 bits per heavy atom. The normalized spacial score (nSPS) is 14.5. The molecule has 1 fully saturated rings. The third-order valence-electron chi connectivity index (χ3n) is 5.86. The number of piperidine rings is 1. The minimum atomic E-state index is -0.143. The van der Waals surface area contributed by atoms with Gasteiger partial charge in [-0.05, 0) is 49.6 Å². The van der Waals surface area contributed by atoms with Crippen LogP contribution >= 0.6 is 0 Å². The highest BCUT2D eigenvalue weighted by atomic mass is 16.2. The largest absolute Gasteiger partial charge is 0.339 e. The first-order valence-corrected chi connectivity index (χ1v) is 10.3. The van der Waals surface area contributed by atoms with E-state index in [9.17, 15) is 9.59 Å². The van der Waals surface area contributed by atoms with Crippen molar-refractivity contribution in [2.24, 2.45) is 0 Å². The van der Waals surface area contributed by atoms with Gasteiger partial charge in [0.15, 0.2) is 5.69 Å². The van der Waals surface area contributed by atoms with Crippen LogP contribution in [0.2, 0.25) is 0 Å². The van der Waals surface area contributed by atoms with Gasteiger partial charge in [0.25, 0.3) is 11.8 Å². The van der Waals surface area contributed by atoms with Crippen LogP contribution in [0.15, 0.2) is 60.7 Å². The van der Waals surface area contributed by atoms with Crippen molar-refractivity contribution in [3.8, 4) is 0 Å². The molecule has 0 aliphatic carbocycles. The van der Waals surface area contributed by atoms with Crippen molar-refractivity contribution in [2.75, 3.05) is 25.0 Å². The van der Waals surface area contributed by atoms with E-state index in [0.717, 1.165) is 35.3 Å². The Labute approximate surface area is 176 Å². The molecule has 0 unspecified atom stereocenters. The van der Waals surface area contributed by atoms with Gasteiger partial charge in [0.2, 0.25) is 0 Å². The number of carbonyl (C=O) groups is 2. The summed E-state index contributed by atoms with van der Waals surface area (Å²) in [5.74, 6) is 0.217. The van der Waals surface area contributed by atoms with Gasteiger partial charge in [0, 0.05) is 43.0 Å². The number of benzene rings is 2. The first-order valence-electron chi connectivity index (χ1n) is 10.3. The number of anilines is 1. The van der Waals surface area contributed by atoms with E-state index >= 15 is 0 Å². The average molecular weight is 402 g/mol. The third kappa shape index (κ3) is 3.99. The number of nitrogens with zero attached hydrogens (tertiary/aromatic N) is 3. The maximum Gasteiger partial charge on any atom is 0.278 e. The Hall–Kier alpha value is -3.41. The Morgan fingerprint density at radius 1 is 1.03 bits per heavy atom. The molecule has 6 nitrogen and oxygen atoms in total. The molecule has 154 valence electrons. The number of nitrogens with one attached hydrogen (secondary N) is 1. The van der Waals surface area contributed by atoms with Crippen LogP contribution in [0.4, 0.5) is 5.69 Å². The van der Waals surface area contributed by atoms with Crippen molar-refractivity contribution < 1.29 is 9.59 Å². The van der Waals surface area contributed by atoms with E-state index in [4.69, 9.17) is 0 Å². The molecule has 0 atom stereocenters. The summed E-state index contributed by atoms with van der Waals surface area (Å²) in [7, 11) is 1.75. The average Bonchev–Trinajstić information content (AvgIpc) is 3.29. The molecule has 1 aromatic heterocycles. The lowest BCUT2D eigenvalue weighted by Crippen LogP contribution is -2.38. The second kappa shape index (κ2) is 8.53. The fourth-order valence-corrected chi connectivity index (χ4v) is 3.97. The van der Waals surface area contributed by atoms with E-state index in [1.807, 2.05) is 72.5 Å². The van der Waals surface area contributed by atoms with Crippen LogP contribution in [0.3, 0.4) is 0 Å². The number of carbonyl (C=O) groups excluding carboxylic acids is 2. The first kappa shape index (κ1) is 19.9. The standard InChI is InChI=1S/C24H26N4O2/c1-17-8-6-7-11-20(17)23(29)28-14-12-18(13-15-28)21-16-22(26-25-21)24(30)27(2)19-9-4-3-5-10-19/h3-11,16,18H,12-15H2,1-2H3,(H,25,26). The second-order valence-corrected chi connectivity index (χ2v) is 7.79. The number of hydrogen-bond donors (Lipinski definition) is 1. The minimum Gasteiger partial charge on any atom is -0.339 e. The van der Waals surface area contributed by atoms with Gasteiger partial charge >= 0.3 is 0 Å². The molecule has 2 aromatic carbocycles. The van der Waals surface area contributed by atoms with E-state index in [2.05, 4.69) is 10.2 Å². The molecule has 1 N–H and O–H groups in total. The molecule has 1 aliphatic heterocycles. The minimum absolute atomic E-state index is 0.0940. The zero-order valence-electron chi connectivity index (χ0n) is 17.3. The van der Waals surface area contributed by atoms with Gasteiger partial charge in [-0.25, -0.2) is 0 Å². The van der Waals surface area contributed by atoms with Crippen LogP contribution in [-0.2, 0) is 0 Å². The lowest BCUT2D eigenvalue weighted by molar-refractivity contribution is 0.0711. The summed E-state index contributed by atoms with van der Waals surface area (Å²) in [6, 6.07) is 19.1. The Bertz CT molecular complexity index is 1040. The predicted molar refractivity (Wildman–Crippen MR) is 117 cm³/mol. The van der Waals surface area contributed by atoms with E-state index in [1.54, 1.807) is 11.9 Å². The molecule has 0 radical (unpaired) electrons. The van der Waals surface area contributed by atoms with Crippen molar-refractivity contribution in [1.82, 2.24) is 15.1 Å². The summed E-state index contributed by atoms with van der Waals surface area (Å²) in [6.07, 6.45) is 1.70. The zero-order valence-corrected chi connectivity index (χ0v) is 17.3. The maximum atomic E-state index is 12.8. The van der Waals surface area contributed by atoms with Crippen LogP contribution in [0.1, 0.15) is 50.9 Å². The van der Waals surface area contributed by atoms with E-state index in [1.165, 1.54) is 0 Å². The zero-order chi connectivity index (χ0) is 21.1. The molecule has 4 rings (SSSR count). The van der Waals surface area contributed by atoms with Crippen molar-refractivity contribution in [1.29, 1.82) is 0 Å². The number of amides is 2. The monoisotopic (exact) mass is 402 g/mol. The summed E-state index contributed by atoms with van der Waals surface area (Å²) in [4.78, 5) is 29.1. The quantitative estimate of drug-likeness (QED) is 0.717. The number of likely N-dealkylation sites (tertiary alicyclic amines) is 1.